The maximum absolute atomic E-state index is 11.9. The van der Waals surface area contributed by atoms with E-state index in [1.807, 2.05) is 45.9 Å². The number of aryl methyl sites for hydroxylation is 2. The van der Waals surface area contributed by atoms with Crippen molar-refractivity contribution in [2.24, 2.45) is 11.7 Å². The van der Waals surface area contributed by atoms with Crippen molar-refractivity contribution >= 4 is 5.91 Å². The van der Waals surface area contributed by atoms with Gasteiger partial charge in [-0.3, -0.25) is 4.79 Å². The van der Waals surface area contributed by atoms with Crippen LogP contribution in [0.4, 0.5) is 0 Å². The fraction of sp³-hybridized carbons (Fsp3) is 0.500. The van der Waals surface area contributed by atoms with Crippen molar-refractivity contribution in [3.8, 4) is 0 Å². The summed E-state index contributed by atoms with van der Waals surface area (Å²) in [7, 11) is 0. The molecule has 0 radical (unpaired) electrons. The first kappa shape index (κ1) is 13.7. The molecule has 0 saturated carbocycles. The fourth-order valence-corrected chi connectivity index (χ4v) is 1.61. The molecule has 3 N–H and O–H groups in total. The minimum atomic E-state index is -0.0430. The number of benzene rings is 1. The highest BCUT2D eigenvalue weighted by molar-refractivity contribution is 5.95. The lowest BCUT2D eigenvalue weighted by atomic mass is 10.0. The minimum absolute atomic E-state index is 0.00436. The van der Waals surface area contributed by atoms with Crippen molar-refractivity contribution < 1.29 is 4.79 Å². The summed E-state index contributed by atoms with van der Waals surface area (Å²) in [5.41, 5.74) is 8.78. The zero-order valence-electron chi connectivity index (χ0n) is 11.1. The molecule has 3 nitrogen and oxygen atoms in total. The van der Waals surface area contributed by atoms with Crippen molar-refractivity contribution in [3.05, 3.63) is 34.9 Å². The zero-order chi connectivity index (χ0) is 13.0. The van der Waals surface area contributed by atoms with E-state index in [0.717, 1.165) is 16.7 Å². The zero-order valence-corrected chi connectivity index (χ0v) is 11.1. The third-order valence-corrected chi connectivity index (χ3v) is 2.98. The van der Waals surface area contributed by atoms with E-state index in [1.54, 1.807) is 0 Å². The Hall–Kier alpha value is -1.35. The van der Waals surface area contributed by atoms with Crippen molar-refractivity contribution in [3.63, 3.8) is 0 Å². The average Bonchev–Trinajstić information content (AvgIpc) is 2.25. The molecule has 1 aromatic rings. The van der Waals surface area contributed by atoms with Gasteiger partial charge in [-0.05, 0) is 31.4 Å². The van der Waals surface area contributed by atoms with E-state index in [1.165, 1.54) is 0 Å². The van der Waals surface area contributed by atoms with Gasteiger partial charge in [-0.2, -0.15) is 0 Å². The highest BCUT2D eigenvalue weighted by Gasteiger charge is 2.12. The molecule has 94 valence electrons. The van der Waals surface area contributed by atoms with E-state index in [9.17, 15) is 4.79 Å². The molecule has 1 rings (SSSR count). The van der Waals surface area contributed by atoms with Gasteiger partial charge < -0.3 is 11.1 Å². The molecule has 1 unspecified atom stereocenters. The maximum Gasteiger partial charge on any atom is 0.251 e. The summed E-state index contributed by atoms with van der Waals surface area (Å²) in [4.78, 5) is 11.9. The van der Waals surface area contributed by atoms with Gasteiger partial charge in [0.2, 0.25) is 0 Å². The number of nitrogens with two attached hydrogens (primary N) is 1. The van der Waals surface area contributed by atoms with E-state index in [2.05, 4.69) is 5.32 Å². The first-order chi connectivity index (χ1) is 7.91. The number of carbonyl (C=O) groups excluding carboxylic acids is 1. The normalized spacial score (nSPS) is 12.6. The molecule has 1 atom stereocenters. The van der Waals surface area contributed by atoms with Crippen LogP contribution in [0.5, 0.6) is 0 Å². The summed E-state index contributed by atoms with van der Waals surface area (Å²) >= 11 is 0. The highest BCUT2D eigenvalue weighted by atomic mass is 16.1. The summed E-state index contributed by atoms with van der Waals surface area (Å²) < 4.78 is 0. The number of nitrogens with one attached hydrogen (secondary N) is 1. The third-order valence-electron chi connectivity index (χ3n) is 2.98. The Labute approximate surface area is 103 Å². The van der Waals surface area contributed by atoms with Crippen LogP contribution < -0.4 is 11.1 Å². The Balaban J connectivity index is 2.64. The number of hydrogen-bond donors (Lipinski definition) is 2. The monoisotopic (exact) mass is 234 g/mol. The predicted molar refractivity (Wildman–Crippen MR) is 71.1 cm³/mol. The van der Waals surface area contributed by atoms with E-state index >= 15 is 0 Å². The van der Waals surface area contributed by atoms with Gasteiger partial charge in [-0.25, -0.2) is 0 Å². The topological polar surface area (TPSA) is 55.1 Å². The molecule has 0 fully saturated rings. The Morgan fingerprint density at radius 1 is 1.35 bits per heavy atom. The van der Waals surface area contributed by atoms with Crippen LogP contribution in [-0.4, -0.2) is 18.5 Å². The van der Waals surface area contributed by atoms with Crippen molar-refractivity contribution in [1.29, 1.82) is 0 Å². The lowest BCUT2D eigenvalue weighted by molar-refractivity contribution is 0.0948. The van der Waals surface area contributed by atoms with Crippen molar-refractivity contribution in [2.45, 2.75) is 33.7 Å². The standard InChI is InChI=1S/C14H22N2O/c1-9(2)13(15)8-16-14(17)12-6-5-10(3)7-11(12)4/h5-7,9,13H,8,15H2,1-4H3,(H,16,17). The number of carbonyl (C=O) groups is 1. The predicted octanol–water partition coefficient (Wildman–Crippen LogP) is 2.02. The molecule has 1 amide bonds. The fourth-order valence-electron chi connectivity index (χ4n) is 1.61. The van der Waals surface area contributed by atoms with Crippen LogP contribution in [0, 0.1) is 19.8 Å². The van der Waals surface area contributed by atoms with Gasteiger partial charge in [0.1, 0.15) is 0 Å². The van der Waals surface area contributed by atoms with E-state index < -0.39 is 0 Å². The first-order valence-electron chi connectivity index (χ1n) is 6.03. The lowest BCUT2D eigenvalue weighted by Crippen LogP contribution is -2.40. The van der Waals surface area contributed by atoms with Gasteiger partial charge in [0, 0.05) is 18.2 Å². The van der Waals surface area contributed by atoms with Crippen molar-refractivity contribution in [2.75, 3.05) is 6.54 Å². The number of amides is 1. The second-order valence-electron chi connectivity index (χ2n) is 4.94. The smallest absolute Gasteiger partial charge is 0.251 e. The van der Waals surface area contributed by atoms with Gasteiger partial charge in [0.05, 0.1) is 0 Å². The minimum Gasteiger partial charge on any atom is -0.350 e. The Bertz CT molecular complexity index is 399. The molecule has 3 heteroatoms. The molecule has 0 spiro atoms. The highest BCUT2D eigenvalue weighted by Crippen LogP contribution is 2.10. The van der Waals surface area contributed by atoms with Crippen LogP contribution in [-0.2, 0) is 0 Å². The summed E-state index contributed by atoms with van der Waals surface area (Å²) in [6, 6.07) is 5.83. The second-order valence-corrected chi connectivity index (χ2v) is 4.94. The third kappa shape index (κ3) is 3.86. The van der Waals surface area contributed by atoms with Gasteiger partial charge in [-0.1, -0.05) is 31.5 Å². The Morgan fingerprint density at radius 3 is 2.53 bits per heavy atom. The number of hydrogen-bond acceptors (Lipinski definition) is 2. The molecule has 0 aliphatic heterocycles. The molecule has 0 aromatic heterocycles. The van der Waals surface area contributed by atoms with Crippen LogP contribution in [0.25, 0.3) is 0 Å². The molecule has 0 bridgehead atoms. The van der Waals surface area contributed by atoms with Crippen LogP contribution in [0.1, 0.15) is 35.3 Å². The summed E-state index contributed by atoms with van der Waals surface area (Å²) in [6.45, 7) is 8.58. The van der Waals surface area contributed by atoms with Crippen LogP contribution in [0.3, 0.4) is 0 Å². The van der Waals surface area contributed by atoms with Crippen molar-refractivity contribution in [1.82, 2.24) is 5.32 Å². The SMILES string of the molecule is Cc1ccc(C(=O)NCC(N)C(C)C)c(C)c1. The number of rotatable bonds is 4. The second kappa shape index (κ2) is 5.82. The van der Waals surface area contributed by atoms with Gasteiger partial charge in [-0.15, -0.1) is 0 Å². The van der Waals surface area contributed by atoms with Gasteiger partial charge in [0.25, 0.3) is 5.91 Å². The summed E-state index contributed by atoms with van der Waals surface area (Å²) in [5, 5.41) is 2.88. The van der Waals surface area contributed by atoms with Crippen LogP contribution in [0.2, 0.25) is 0 Å². The molecule has 1 aromatic carbocycles. The Kier molecular flexibility index (Phi) is 4.70. The molecule has 17 heavy (non-hydrogen) atoms. The van der Waals surface area contributed by atoms with Crippen LogP contribution >= 0.6 is 0 Å². The summed E-state index contributed by atoms with van der Waals surface area (Å²) in [6.07, 6.45) is 0. The van der Waals surface area contributed by atoms with Gasteiger partial charge >= 0.3 is 0 Å². The average molecular weight is 234 g/mol. The lowest BCUT2D eigenvalue weighted by Gasteiger charge is -2.16. The molecule has 0 aliphatic rings. The molecular weight excluding hydrogens is 212 g/mol. The largest absolute Gasteiger partial charge is 0.350 e. The Morgan fingerprint density at radius 2 is 2.00 bits per heavy atom. The molecule has 0 saturated heterocycles. The van der Waals surface area contributed by atoms with E-state index in [0.29, 0.717) is 12.5 Å². The molecule has 0 heterocycles. The van der Waals surface area contributed by atoms with Crippen LogP contribution in [0.15, 0.2) is 18.2 Å². The van der Waals surface area contributed by atoms with Gasteiger partial charge in [0.15, 0.2) is 0 Å². The first-order valence-corrected chi connectivity index (χ1v) is 6.03. The van der Waals surface area contributed by atoms with E-state index in [-0.39, 0.29) is 11.9 Å². The molecular formula is C14H22N2O. The molecule has 0 aliphatic carbocycles. The van der Waals surface area contributed by atoms with E-state index in [4.69, 9.17) is 5.73 Å². The quantitative estimate of drug-likeness (QED) is 0.837. The summed E-state index contributed by atoms with van der Waals surface area (Å²) in [5.74, 6) is 0.327. The maximum atomic E-state index is 11.9.